The zero-order chi connectivity index (χ0) is 15.9. The zero-order valence-electron chi connectivity index (χ0n) is 12.3. The van der Waals surface area contributed by atoms with E-state index < -0.39 is 0 Å². The minimum absolute atomic E-state index is 0.206. The molecule has 7 heteroatoms. The third-order valence-electron chi connectivity index (χ3n) is 2.73. The minimum atomic E-state index is -0.293. The number of rotatable bonds is 4. The number of anilines is 1. The molecule has 1 heterocycles. The molecule has 0 fully saturated rings. The fourth-order valence-corrected chi connectivity index (χ4v) is 2.52. The summed E-state index contributed by atoms with van der Waals surface area (Å²) in [6.07, 6.45) is 3.99. The molecule has 5 nitrogen and oxygen atoms in total. The molecule has 2 aromatic rings. The van der Waals surface area contributed by atoms with Gasteiger partial charge in [0.2, 0.25) is 11.0 Å². The van der Waals surface area contributed by atoms with Gasteiger partial charge in [0.05, 0.1) is 0 Å². The highest BCUT2D eigenvalue weighted by Crippen LogP contribution is 2.14. The van der Waals surface area contributed by atoms with E-state index in [1.54, 1.807) is 6.08 Å². The van der Waals surface area contributed by atoms with Crippen LogP contribution in [-0.4, -0.2) is 21.2 Å². The van der Waals surface area contributed by atoms with Gasteiger partial charge in [-0.25, -0.2) is 0 Å². The number of carbonyl (C=O) groups is 1. The van der Waals surface area contributed by atoms with Crippen molar-refractivity contribution in [2.75, 3.05) is 5.32 Å². The highest BCUT2D eigenvalue weighted by molar-refractivity contribution is 7.80. The highest BCUT2D eigenvalue weighted by atomic mass is 32.1. The molecular formula is C15H16N4OS2. The molecule has 0 unspecified atom stereocenters. The largest absolute Gasteiger partial charge is 0.307 e. The first-order valence-electron chi connectivity index (χ1n) is 6.76. The van der Waals surface area contributed by atoms with Crippen LogP contribution in [0.3, 0.4) is 0 Å². The molecule has 0 radical (unpaired) electrons. The number of amides is 1. The molecule has 0 saturated carbocycles. The van der Waals surface area contributed by atoms with Gasteiger partial charge in [0, 0.05) is 6.08 Å². The van der Waals surface area contributed by atoms with Crippen molar-refractivity contribution in [3.05, 3.63) is 46.5 Å². The third kappa shape index (κ3) is 5.01. The number of thiocarbonyl (C=S) groups is 1. The lowest BCUT2D eigenvalue weighted by Crippen LogP contribution is -2.32. The van der Waals surface area contributed by atoms with E-state index in [2.05, 4.69) is 20.8 Å². The van der Waals surface area contributed by atoms with Gasteiger partial charge >= 0.3 is 0 Å². The Bertz CT molecular complexity index is 692. The molecule has 0 aliphatic carbocycles. The lowest BCUT2D eigenvalue weighted by atomic mass is 10.1. The average Bonchev–Trinajstić information content (AvgIpc) is 2.94. The minimum Gasteiger partial charge on any atom is -0.307 e. The summed E-state index contributed by atoms with van der Waals surface area (Å²) in [5.74, 6) is -0.293. The molecule has 2 N–H and O–H groups in total. The molecule has 0 spiro atoms. The summed E-state index contributed by atoms with van der Waals surface area (Å²) in [5, 5.41) is 15.0. The summed E-state index contributed by atoms with van der Waals surface area (Å²) < 4.78 is 0. The topological polar surface area (TPSA) is 66.9 Å². The summed E-state index contributed by atoms with van der Waals surface area (Å²) in [4.78, 5) is 11.8. The maximum absolute atomic E-state index is 11.8. The van der Waals surface area contributed by atoms with Crippen LogP contribution in [0, 0.1) is 6.92 Å². The first kappa shape index (κ1) is 16.3. The van der Waals surface area contributed by atoms with Gasteiger partial charge < -0.3 is 5.32 Å². The Labute approximate surface area is 138 Å². The molecule has 114 valence electrons. The fourth-order valence-electron chi connectivity index (χ4n) is 1.58. The maximum atomic E-state index is 11.8. The van der Waals surface area contributed by atoms with Crippen molar-refractivity contribution in [2.24, 2.45) is 0 Å². The molecule has 1 amide bonds. The van der Waals surface area contributed by atoms with Crippen LogP contribution in [0.2, 0.25) is 0 Å². The van der Waals surface area contributed by atoms with Gasteiger partial charge in [-0.15, -0.1) is 10.2 Å². The van der Waals surface area contributed by atoms with Crippen LogP contribution < -0.4 is 10.6 Å². The predicted molar refractivity (Wildman–Crippen MR) is 93.9 cm³/mol. The van der Waals surface area contributed by atoms with E-state index in [4.69, 9.17) is 12.2 Å². The van der Waals surface area contributed by atoms with Gasteiger partial charge in [-0.3, -0.25) is 10.1 Å². The van der Waals surface area contributed by atoms with Crippen molar-refractivity contribution >= 4 is 45.8 Å². The Morgan fingerprint density at radius 1 is 1.32 bits per heavy atom. The van der Waals surface area contributed by atoms with E-state index in [0.29, 0.717) is 5.13 Å². The summed E-state index contributed by atoms with van der Waals surface area (Å²) in [5.41, 5.74) is 2.13. The second kappa shape index (κ2) is 7.77. The van der Waals surface area contributed by atoms with E-state index in [1.165, 1.54) is 23.0 Å². The normalized spacial score (nSPS) is 10.6. The van der Waals surface area contributed by atoms with Crippen LogP contribution >= 0.6 is 23.6 Å². The van der Waals surface area contributed by atoms with Gasteiger partial charge in [0.15, 0.2) is 5.11 Å². The molecule has 22 heavy (non-hydrogen) atoms. The molecule has 0 aliphatic heterocycles. The number of aromatic nitrogens is 2. The van der Waals surface area contributed by atoms with Crippen LogP contribution in [0.25, 0.3) is 6.08 Å². The molecule has 1 aromatic heterocycles. The third-order valence-corrected chi connectivity index (χ3v) is 3.92. The number of benzene rings is 1. The number of aryl methyl sites for hydroxylation is 2. The van der Waals surface area contributed by atoms with Crippen LogP contribution in [0.4, 0.5) is 5.13 Å². The van der Waals surface area contributed by atoms with Crippen LogP contribution in [0.1, 0.15) is 23.1 Å². The number of nitrogens with zero attached hydrogens (tertiary/aromatic N) is 2. The van der Waals surface area contributed by atoms with Crippen LogP contribution in [-0.2, 0) is 11.2 Å². The molecule has 0 bridgehead atoms. The maximum Gasteiger partial charge on any atom is 0.250 e. The number of carbonyl (C=O) groups excluding carboxylic acids is 1. The number of nitrogens with one attached hydrogen (secondary N) is 2. The molecule has 0 aliphatic rings. The quantitative estimate of drug-likeness (QED) is 0.665. The second-order valence-corrected chi connectivity index (χ2v) is 6.01. The monoisotopic (exact) mass is 332 g/mol. The fraction of sp³-hybridized carbons (Fsp3) is 0.200. The second-order valence-electron chi connectivity index (χ2n) is 4.54. The first-order valence-corrected chi connectivity index (χ1v) is 7.98. The van der Waals surface area contributed by atoms with Crippen molar-refractivity contribution in [3.8, 4) is 0 Å². The van der Waals surface area contributed by atoms with Crippen LogP contribution in [0.5, 0.6) is 0 Å². The van der Waals surface area contributed by atoms with Crippen molar-refractivity contribution < 1.29 is 4.79 Å². The van der Waals surface area contributed by atoms with E-state index in [0.717, 1.165) is 17.0 Å². The molecule has 1 aromatic carbocycles. The summed E-state index contributed by atoms with van der Waals surface area (Å²) in [6.45, 7) is 4.02. The smallest absolute Gasteiger partial charge is 0.250 e. The lowest BCUT2D eigenvalue weighted by molar-refractivity contribution is -0.115. The Morgan fingerprint density at radius 3 is 2.68 bits per heavy atom. The number of hydrogen-bond donors (Lipinski definition) is 2. The summed E-state index contributed by atoms with van der Waals surface area (Å²) >= 11 is 6.48. The SMILES string of the molecule is CCc1nnc(NC(=S)NC(=O)/C=C/c2ccc(C)cc2)s1. The van der Waals surface area contributed by atoms with Gasteiger partial charge in [-0.2, -0.15) is 0 Å². The Hall–Kier alpha value is -2.12. The number of hydrogen-bond acceptors (Lipinski definition) is 5. The molecule has 2 rings (SSSR count). The van der Waals surface area contributed by atoms with Crippen molar-refractivity contribution in [2.45, 2.75) is 20.3 Å². The van der Waals surface area contributed by atoms with E-state index >= 15 is 0 Å². The Balaban J connectivity index is 1.85. The molecule has 0 saturated heterocycles. The lowest BCUT2D eigenvalue weighted by Gasteiger charge is -2.03. The Kier molecular flexibility index (Phi) is 5.74. The van der Waals surface area contributed by atoms with Crippen molar-refractivity contribution in [3.63, 3.8) is 0 Å². The van der Waals surface area contributed by atoms with Crippen molar-refractivity contribution in [1.29, 1.82) is 0 Å². The molecule has 0 atom stereocenters. The van der Waals surface area contributed by atoms with E-state index in [1.807, 2.05) is 38.1 Å². The van der Waals surface area contributed by atoms with Gasteiger partial charge in [0.1, 0.15) is 5.01 Å². The first-order chi connectivity index (χ1) is 10.6. The van der Waals surface area contributed by atoms with Crippen LogP contribution in [0.15, 0.2) is 30.3 Å². The average molecular weight is 332 g/mol. The van der Waals surface area contributed by atoms with E-state index in [-0.39, 0.29) is 11.0 Å². The van der Waals surface area contributed by atoms with E-state index in [9.17, 15) is 4.79 Å². The van der Waals surface area contributed by atoms with Crippen molar-refractivity contribution in [1.82, 2.24) is 15.5 Å². The highest BCUT2D eigenvalue weighted by Gasteiger charge is 2.06. The van der Waals surface area contributed by atoms with Gasteiger partial charge in [-0.05, 0) is 37.2 Å². The van der Waals surface area contributed by atoms with Gasteiger partial charge in [-0.1, -0.05) is 48.1 Å². The van der Waals surface area contributed by atoms with Gasteiger partial charge in [0.25, 0.3) is 0 Å². The summed E-state index contributed by atoms with van der Waals surface area (Å²) in [6, 6.07) is 7.88. The zero-order valence-corrected chi connectivity index (χ0v) is 13.9. The molecular weight excluding hydrogens is 316 g/mol. The Morgan fingerprint density at radius 2 is 2.05 bits per heavy atom. The standard InChI is InChI=1S/C15H16N4OS2/c1-3-13-18-19-15(22-13)17-14(21)16-12(20)9-8-11-6-4-10(2)5-7-11/h4-9H,3H2,1-2H3,(H2,16,17,19,20,21)/b9-8+. The predicted octanol–water partition coefficient (Wildman–Crippen LogP) is 2.94. The summed E-state index contributed by atoms with van der Waals surface area (Å²) in [7, 11) is 0.